The van der Waals surface area contributed by atoms with Crippen LogP contribution in [0.15, 0.2) is 48.5 Å². The molecule has 3 heteroatoms. The maximum atomic E-state index is 11.9. The number of nitrogens with one attached hydrogen (secondary N) is 1. The smallest absolute Gasteiger partial charge is 0.337 e. The van der Waals surface area contributed by atoms with E-state index in [1.807, 2.05) is 30.3 Å². The van der Waals surface area contributed by atoms with Gasteiger partial charge >= 0.3 is 5.97 Å². The summed E-state index contributed by atoms with van der Waals surface area (Å²) in [7, 11) is 1.41. The van der Waals surface area contributed by atoms with Gasteiger partial charge in [-0.05, 0) is 34.7 Å². The lowest BCUT2D eigenvalue weighted by molar-refractivity contribution is 0.0601. The Morgan fingerprint density at radius 1 is 1.04 bits per heavy atom. The van der Waals surface area contributed by atoms with E-state index in [0.29, 0.717) is 5.56 Å². The van der Waals surface area contributed by atoms with Crippen molar-refractivity contribution < 1.29 is 9.53 Å². The molecule has 23 heavy (non-hydrogen) atoms. The predicted molar refractivity (Wildman–Crippen MR) is 93.8 cm³/mol. The van der Waals surface area contributed by atoms with Crippen molar-refractivity contribution in [2.75, 3.05) is 7.11 Å². The minimum atomic E-state index is -0.311. The van der Waals surface area contributed by atoms with Gasteiger partial charge in [0.1, 0.15) is 0 Å². The minimum Gasteiger partial charge on any atom is -0.465 e. The van der Waals surface area contributed by atoms with Crippen molar-refractivity contribution in [3.05, 3.63) is 59.7 Å². The first-order valence-electron chi connectivity index (χ1n) is 7.72. The highest BCUT2D eigenvalue weighted by molar-refractivity contribution is 5.98. The lowest BCUT2D eigenvalue weighted by Crippen LogP contribution is -2.12. The Balaban J connectivity index is 2.31. The molecule has 1 heterocycles. The molecule has 0 radical (unpaired) electrons. The van der Waals surface area contributed by atoms with E-state index >= 15 is 0 Å². The fourth-order valence-corrected chi connectivity index (χ4v) is 3.04. The van der Waals surface area contributed by atoms with Gasteiger partial charge in [0.05, 0.1) is 18.4 Å². The van der Waals surface area contributed by atoms with Gasteiger partial charge in [0.15, 0.2) is 0 Å². The number of hydrogen-bond donors (Lipinski definition) is 1. The molecule has 0 aliphatic heterocycles. The second-order valence-corrected chi connectivity index (χ2v) is 6.74. The van der Waals surface area contributed by atoms with E-state index in [1.54, 1.807) is 6.07 Å². The van der Waals surface area contributed by atoms with Crippen molar-refractivity contribution in [3.63, 3.8) is 0 Å². The van der Waals surface area contributed by atoms with E-state index in [-0.39, 0.29) is 11.4 Å². The second kappa shape index (κ2) is 5.58. The summed E-state index contributed by atoms with van der Waals surface area (Å²) >= 11 is 0. The summed E-state index contributed by atoms with van der Waals surface area (Å²) in [4.78, 5) is 15.4. The average Bonchev–Trinajstić information content (AvgIpc) is 2.93. The molecule has 118 valence electrons. The number of rotatable bonds is 2. The monoisotopic (exact) mass is 307 g/mol. The zero-order valence-corrected chi connectivity index (χ0v) is 13.9. The van der Waals surface area contributed by atoms with Gasteiger partial charge in [0.2, 0.25) is 0 Å². The minimum absolute atomic E-state index is 0.0574. The maximum Gasteiger partial charge on any atom is 0.337 e. The fraction of sp³-hybridized carbons (Fsp3) is 0.250. The van der Waals surface area contributed by atoms with Crippen LogP contribution in [0, 0.1) is 0 Å². The van der Waals surface area contributed by atoms with Gasteiger partial charge < -0.3 is 9.72 Å². The predicted octanol–water partition coefficient (Wildman–Crippen LogP) is 4.92. The van der Waals surface area contributed by atoms with Crippen LogP contribution in [0.4, 0.5) is 0 Å². The van der Waals surface area contributed by atoms with E-state index in [0.717, 1.165) is 22.2 Å². The summed E-state index contributed by atoms with van der Waals surface area (Å²) in [5.41, 5.74) is 5.01. The van der Waals surface area contributed by atoms with Crippen LogP contribution in [0.2, 0.25) is 0 Å². The van der Waals surface area contributed by atoms with Gasteiger partial charge in [-0.2, -0.15) is 0 Å². The normalized spacial score (nSPS) is 11.7. The summed E-state index contributed by atoms with van der Waals surface area (Å²) in [6, 6.07) is 15.9. The SMILES string of the molecule is COC(=O)c1ccc2[nH]c(-c3ccccc3)c(C(C)(C)C)c2c1. The Labute approximate surface area is 136 Å². The lowest BCUT2D eigenvalue weighted by Gasteiger charge is -2.20. The molecule has 2 aromatic carbocycles. The Kier molecular flexibility index (Phi) is 3.72. The molecule has 1 aromatic heterocycles. The van der Waals surface area contributed by atoms with Crippen molar-refractivity contribution in [1.82, 2.24) is 4.98 Å². The molecule has 3 aromatic rings. The highest BCUT2D eigenvalue weighted by atomic mass is 16.5. The van der Waals surface area contributed by atoms with Crippen molar-refractivity contribution in [3.8, 4) is 11.3 Å². The first-order chi connectivity index (χ1) is 10.9. The molecular formula is C20H21NO2. The number of H-pyrrole nitrogens is 1. The number of carbonyl (C=O) groups excluding carboxylic acids is 1. The third-order valence-corrected chi connectivity index (χ3v) is 4.03. The van der Waals surface area contributed by atoms with E-state index in [2.05, 4.69) is 37.9 Å². The van der Waals surface area contributed by atoms with Crippen molar-refractivity contribution in [2.45, 2.75) is 26.2 Å². The molecule has 3 nitrogen and oxygen atoms in total. The molecule has 0 saturated heterocycles. The van der Waals surface area contributed by atoms with E-state index in [9.17, 15) is 4.79 Å². The second-order valence-electron chi connectivity index (χ2n) is 6.74. The number of esters is 1. The molecule has 0 aliphatic rings. The topological polar surface area (TPSA) is 42.1 Å². The van der Waals surface area contributed by atoms with Gasteiger partial charge in [0.25, 0.3) is 0 Å². The zero-order valence-electron chi connectivity index (χ0n) is 13.9. The molecule has 1 N–H and O–H groups in total. The summed E-state index contributed by atoms with van der Waals surface area (Å²) < 4.78 is 4.85. The van der Waals surface area contributed by atoms with Crippen LogP contribution in [-0.2, 0) is 10.2 Å². The van der Waals surface area contributed by atoms with Crippen LogP contribution < -0.4 is 0 Å². The Morgan fingerprint density at radius 2 is 1.74 bits per heavy atom. The molecule has 0 atom stereocenters. The summed E-state index contributed by atoms with van der Waals surface area (Å²) in [5.74, 6) is -0.311. The van der Waals surface area contributed by atoms with E-state index in [4.69, 9.17) is 4.74 Å². The molecule has 3 rings (SSSR count). The Hall–Kier alpha value is -2.55. The summed E-state index contributed by atoms with van der Waals surface area (Å²) in [6.07, 6.45) is 0. The highest BCUT2D eigenvalue weighted by Crippen LogP contribution is 2.38. The van der Waals surface area contributed by atoms with Crippen LogP contribution in [0.3, 0.4) is 0 Å². The number of benzene rings is 2. The number of methoxy groups -OCH3 is 1. The van der Waals surface area contributed by atoms with Gasteiger partial charge in [-0.3, -0.25) is 0 Å². The highest BCUT2D eigenvalue weighted by Gasteiger charge is 2.24. The van der Waals surface area contributed by atoms with Gasteiger partial charge in [-0.1, -0.05) is 51.1 Å². The zero-order chi connectivity index (χ0) is 16.6. The van der Waals surface area contributed by atoms with Crippen molar-refractivity contribution in [2.24, 2.45) is 0 Å². The molecular weight excluding hydrogens is 286 g/mol. The van der Waals surface area contributed by atoms with E-state index < -0.39 is 0 Å². The average molecular weight is 307 g/mol. The maximum absolute atomic E-state index is 11.9. The number of aromatic amines is 1. The molecule has 0 bridgehead atoms. The standard InChI is InChI=1S/C20H21NO2/c1-20(2,3)17-15-12-14(19(22)23-4)10-11-16(15)21-18(17)13-8-6-5-7-9-13/h5-12,21H,1-4H3. The summed E-state index contributed by atoms with van der Waals surface area (Å²) in [5, 5.41) is 1.07. The number of ether oxygens (including phenoxy) is 1. The molecule has 0 saturated carbocycles. The molecule has 0 spiro atoms. The number of hydrogen-bond acceptors (Lipinski definition) is 2. The lowest BCUT2D eigenvalue weighted by atomic mass is 9.83. The third kappa shape index (κ3) is 2.74. The van der Waals surface area contributed by atoms with Crippen molar-refractivity contribution >= 4 is 16.9 Å². The summed E-state index contributed by atoms with van der Waals surface area (Å²) in [6.45, 7) is 6.56. The number of aromatic nitrogens is 1. The van der Waals surface area contributed by atoms with Crippen LogP contribution in [0.25, 0.3) is 22.2 Å². The van der Waals surface area contributed by atoms with E-state index in [1.165, 1.54) is 12.7 Å². The van der Waals surface area contributed by atoms with Gasteiger partial charge in [-0.15, -0.1) is 0 Å². The van der Waals surface area contributed by atoms with Crippen molar-refractivity contribution in [1.29, 1.82) is 0 Å². The van der Waals surface area contributed by atoms with Crippen LogP contribution in [0.5, 0.6) is 0 Å². The largest absolute Gasteiger partial charge is 0.465 e. The molecule has 0 amide bonds. The third-order valence-electron chi connectivity index (χ3n) is 4.03. The molecule has 0 unspecified atom stereocenters. The number of carbonyl (C=O) groups is 1. The fourth-order valence-electron chi connectivity index (χ4n) is 3.04. The van der Waals surface area contributed by atoms with Gasteiger partial charge in [-0.25, -0.2) is 4.79 Å². The van der Waals surface area contributed by atoms with Crippen LogP contribution >= 0.6 is 0 Å². The van der Waals surface area contributed by atoms with Crippen LogP contribution in [-0.4, -0.2) is 18.1 Å². The first kappa shape index (κ1) is 15.3. The Morgan fingerprint density at radius 3 is 2.35 bits per heavy atom. The molecule has 0 aliphatic carbocycles. The van der Waals surface area contributed by atoms with Crippen LogP contribution in [0.1, 0.15) is 36.7 Å². The van der Waals surface area contributed by atoms with Gasteiger partial charge in [0, 0.05) is 10.9 Å². The first-order valence-corrected chi connectivity index (χ1v) is 7.72. The number of fused-ring (bicyclic) bond motifs is 1. The molecule has 0 fully saturated rings. The quantitative estimate of drug-likeness (QED) is 0.683. The Bertz CT molecular complexity index is 854.